The lowest BCUT2D eigenvalue weighted by Gasteiger charge is -2.43. The van der Waals surface area contributed by atoms with Gasteiger partial charge in [-0.2, -0.15) is 0 Å². The fourth-order valence-corrected chi connectivity index (χ4v) is 6.38. The molecule has 1 aromatic carbocycles. The number of halogens is 7. The maximum absolute atomic E-state index is 14.7. The molecule has 2 aliphatic rings. The van der Waals surface area contributed by atoms with Gasteiger partial charge < -0.3 is 14.8 Å². The van der Waals surface area contributed by atoms with Crippen LogP contribution >= 0.6 is 10.2 Å². The topological polar surface area (TPSA) is 114 Å². The first-order valence-electron chi connectivity index (χ1n) is 15.0. The molecule has 10 nitrogen and oxygen atoms in total. The van der Waals surface area contributed by atoms with Gasteiger partial charge in [0.2, 0.25) is 5.92 Å². The molecule has 18 heteroatoms. The number of carbonyl (C=O) groups is 3. The van der Waals surface area contributed by atoms with Gasteiger partial charge in [0, 0.05) is 50.5 Å². The lowest BCUT2D eigenvalue weighted by Crippen LogP contribution is -2.62. The lowest BCUT2D eigenvalue weighted by molar-refractivity contribution is -0.133. The number of nitrogens with one attached hydrogen (secondary N) is 1. The Morgan fingerprint density at radius 3 is 2.10 bits per heavy atom. The summed E-state index contributed by atoms with van der Waals surface area (Å²) >= 11 is 0. The molecule has 2 heterocycles. The summed E-state index contributed by atoms with van der Waals surface area (Å²) in [7, 11) is -8.82. The quantitative estimate of drug-likeness (QED) is 0.291. The summed E-state index contributed by atoms with van der Waals surface area (Å²) < 4.78 is 107. The van der Waals surface area contributed by atoms with Gasteiger partial charge in [-0.15, -0.1) is 0 Å². The van der Waals surface area contributed by atoms with Crippen molar-refractivity contribution in [2.45, 2.75) is 99.9 Å². The molecule has 0 spiro atoms. The molecular formula is C30H38F7N5O5S. The van der Waals surface area contributed by atoms with E-state index in [2.05, 4.69) is 15.3 Å². The number of likely N-dealkylation sites (tertiary alicyclic amines) is 1. The van der Waals surface area contributed by atoms with Gasteiger partial charge >= 0.3 is 16.3 Å². The van der Waals surface area contributed by atoms with Crippen LogP contribution in [0.1, 0.15) is 65.5 Å². The molecule has 1 unspecified atom stereocenters. The van der Waals surface area contributed by atoms with Crippen LogP contribution in [0, 0.1) is 0 Å². The van der Waals surface area contributed by atoms with E-state index in [-0.39, 0.29) is 43.6 Å². The third-order valence-electron chi connectivity index (χ3n) is 8.27. The predicted molar refractivity (Wildman–Crippen MR) is 162 cm³/mol. The number of hydrogen-bond donors (Lipinski definition) is 1. The van der Waals surface area contributed by atoms with Crippen molar-refractivity contribution in [3.05, 3.63) is 48.5 Å². The van der Waals surface area contributed by atoms with E-state index in [1.165, 1.54) is 26.4 Å². The SMILES string of the molecule is CO[C@@H]1C[C@H](C(=O)N(c2ccc(S(F)(F)(F)(F)F)cc2)C(C)(C(=O)NC2CCC(F)(F)CC2)c2cnccn2)N(C(=O)OC(C)(C)C)C1. The summed E-state index contributed by atoms with van der Waals surface area (Å²) in [5, 5.41) is 2.67. The van der Waals surface area contributed by atoms with Crippen molar-refractivity contribution in [2.24, 2.45) is 0 Å². The van der Waals surface area contributed by atoms with E-state index < -0.39 is 86.8 Å². The first-order valence-corrected chi connectivity index (χ1v) is 17.0. The minimum atomic E-state index is -10.2. The van der Waals surface area contributed by atoms with Crippen molar-refractivity contribution in [2.75, 3.05) is 18.6 Å². The van der Waals surface area contributed by atoms with Crippen LogP contribution in [0.25, 0.3) is 0 Å². The molecule has 1 aromatic heterocycles. The van der Waals surface area contributed by atoms with Crippen molar-refractivity contribution in [3.8, 4) is 0 Å². The molecule has 4 rings (SSSR count). The zero-order valence-electron chi connectivity index (χ0n) is 26.9. The largest absolute Gasteiger partial charge is 0.444 e. The molecule has 268 valence electrons. The molecule has 2 fully saturated rings. The molecule has 1 aliphatic heterocycles. The number of hydrogen-bond acceptors (Lipinski definition) is 7. The van der Waals surface area contributed by atoms with Gasteiger partial charge in [0.1, 0.15) is 16.5 Å². The number of nitrogens with zero attached hydrogens (tertiary/aromatic N) is 4. The van der Waals surface area contributed by atoms with Crippen LogP contribution in [0.3, 0.4) is 0 Å². The Labute approximate surface area is 273 Å². The van der Waals surface area contributed by atoms with Gasteiger partial charge in [-0.3, -0.25) is 29.4 Å². The minimum Gasteiger partial charge on any atom is -0.444 e. The van der Waals surface area contributed by atoms with Gasteiger partial charge in [0.25, 0.3) is 11.8 Å². The van der Waals surface area contributed by atoms with Crippen LogP contribution in [0.15, 0.2) is 47.8 Å². The van der Waals surface area contributed by atoms with Crippen LogP contribution in [0.4, 0.5) is 38.7 Å². The number of rotatable bonds is 8. The molecule has 1 saturated heterocycles. The van der Waals surface area contributed by atoms with E-state index in [4.69, 9.17) is 9.47 Å². The van der Waals surface area contributed by atoms with Crippen LogP contribution < -0.4 is 10.2 Å². The van der Waals surface area contributed by atoms with E-state index in [0.717, 1.165) is 16.0 Å². The normalized spacial score (nSPS) is 23.0. The summed E-state index contributed by atoms with van der Waals surface area (Å²) in [6, 6.07) is -0.800. The van der Waals surface area contributed by atoms with Gasteiger partial charge in [-0.25, -0.2) is 13.6 Å². The van der Waals surface area contributed by atoms with E-state index in [9.17, 15) is 42.6 Å². The van der Waals surface area contributed by atoms with Crippen LogP contribution in [0.5, 0.6) is 0 Å². The highest BCUT2D eigenvalue weighted by Crippen LogP contribution is 3.02. The zero-order valence-corrected chi connectivity index (χ0v) is 27.7. The van der Waals surface area contributed by atoms with Gasteiger partial charge in [0.15, 0.2) is 5.54 Å². The smallest absolute Gasteiger partial charge is 0.411 e. The second-order valence-electron chi connectivity index (χ2n) is 13.1. The molecule has 1 N–H and O–H groups in total. The van der Waals surface area contributed by atoms with Gasteiger partial charge in [0.05, 0.1) is 24.5 Å². The standard InChI is InChI=1S/C30H38F7N5O5S/c1-28(2,3)47-27(45)41-18-21(46-5)16-23(41)25(43)42(20-6-8-22(9-7-20)48(33,34,35,36)37)29(4,24-17-38-14-15-39-24)26(44)40-19-10-12-30(31,32)13-11-19/h6-9,14-15,17,19,21,23H,10-13,16,18H2,1-5H3,(H,40,44)/t21-,23-,29?/m1/s1. The molecule has 1 saturated carbocycles. The Kier molecular flexibility index (Phi) is 9.31. The molecule has 2 aromatic rings. The second-order valence-corrected chi connectivity index (χ2v) is 15.6. The number of ether oxygens (including phenoxy) is 2. The highest BCUT2D eigenvalue weighted by atomic mass is 32.5. The fourth-order valence-electron chi connectivity index (χ4n) is 5.73. The average Bonchev–Trinajstić information content (AvgIpc) is 3.42. The first kappa shape index (κ1) is 37.2. The van der Waals surface area contributed by atoms with Crippen molar-refractivity contribution in [3.63, 3.8) is 0 Å². The van der Waals surface area contributed by atoms with E-state index in [1.54, 1.807) is 20.8 Å². The molecule has 1 aliphatic carbocycles. The summed E-state index contributed by atoms with van der Waals surface area (Å²) in [6.45, 7) is 5.85. The van der Waals surface area contributed by atoms with Gasteiger partial charge in [-0.05, 0) is 64.8 Å². The second kappa shape index (κ2) is 12.0. The number of alkyl halides is 2. The molecule has 3 atom stereocenters. The summed E-state index contributed by atoms with van der Waals surface area (Å²) in [5.41, 5.74) is -3.90. The summed E-state index contributed by atoms with van der Waals surface area (Å²) in [6.07, 6.45) is 0.512. The number of methoxy groups -OCH3 is 1. The van der Waals surface area contributed by atoms with E-state index in [0.29, 0.717) is 12.1 Å². The third-order valence-corrected chi connectivity index (χ3v) is 9.44. The third kappa shape index (κ3) is 8.30. The Balaban J connectivity index is 1.88. The molecule has 0 radical (unpaired) electrons. The molecular weight excluding hydrogens is 675 g/mol. The fraction of sp³-hybridized carbons (Fsp3) is 0.567. The molecule has 3 amide bonds. The maximum Gasteiger partial charge on any atom is 0.411 e. The van der Waals surface area contributed by atoms with Crippen molar-refractivity contribution in [1.29, 1.82) is 0 Å². The van der Waals surface area contributed by atoms with Crippen molar-refractivity contribution in [1.82, 2.24) is 20.2 Å². The van der Waals surface area contributed by atoms with Crippen LogP contribution in [-0.2, 0) is 24.6 Å². The van der Waals surface area contributed by atoms with Crippen LogP contribution in [-0.4, -0.2) is 76.1 Å². The summed E-state index contributed by atoms with van der Waals surface area (Å²) in [4.78, 5) is 50.1. The molecule has 48 heavy (non-hydrogen) atoms. The first-order chi connectivity index (χ1) is 21.8. The Morgan fingerprint density at radius 2 is 1.60 bits per heavy atom. The Bertz CT molecular complexity index is 1520. The highest BCUT2D eigenvalue weighted by Gasteiger charge is 2.65. The van der Waals surface area contributed by atoms with E-state index in [1.807, 2.05) is 0 Å². The number of benzene rings is 1. The van der Waals surface area contributed by atoms with E-state index >= 15 is 0 Å². The summed E-state index contributed by atoms with van der Waals surface area (Å²) in [5.74, 6) is -4.92. The molecule has 0 bridgehead atoms. The van der Waals surface area contributed by atoms with Gasteiger partial charge in [-0.1, -0.05) is 19.4 Å². The number of aromatic nitrogens is 2. The number of amides is 3. The predicted octanol–water partition coefficient (Wildman–Crippen LogP) is 7.10. The Hall–Kier alpha value is -3.67. The minimum absolute atomic E-state index is 0.0909. The zero-order chi connectivity index (χ0) is 36.0. The Morgan fingerprint density at radius 1 is 1.00 bits per heavy atom. The number of anilines is 1. The monoisotopic (exact) mass is 713 g/mol. The van der Waals surface area contributed by atoms with Crippen molar-refractivity contribution >= 4 is 33.8 Å². The number of carbonyl (C=O) groups excluding carboxylic acids is 3. The average molecular weight is 714 g/mol. The maximum atomic E-state index is 14.7. The van der Waals surface area contributed by atoms with Crippen molar-refractivity contribution < 1.29 is 52.1 Å². The van der Waals surface area contributed by atoms with Crippen LogP contribution in [0.2, 0.25) is 0 Å². The lowest BCUT2D eigenvalue weighted by atomic mass is 9.88. The highest BCUT2D eigenvalue weighted by molar-refractivity contribution is 8.45.